The number of morpholine rings is 1. The molecule has 0 spiro atoms. The van der Waals surface area contributed by atoms with E-state index in [2.05, 4.69) is 56.9 Å². The summed E-state index contributed by atoms with van der Waals surface area (Å²) in [7, 11) is 0. The first kappa shape index (κ1) is 54.8. The molecule has 1 rings (SSSR count). The lowest BCUT2D eigenvalue weighted by Gasteiger charge is -2.26. The van der Waals surface area contributed by atoms with Crippen LogP contribution in [0, 0.1) is 11.8 Å². The van der Waals surface area contributed by atoms with Gasteiger partial charge in [-0.1, -0.05) is 129 Å². The van der Waals surface area contributed by atoms with Crippen LogP contribution in [-0.4, -0.2) is 75.0 Å². The van der Waals surface area contributed by atoms with E-state index in [9.17, 15) is 14.4 Å². The van der Waals surface area contributed by atoms with Crippen LogP contribution in [0.3, 0.4) is 0 Å². The molecule has 0 atom stereocenters. The Morgan fingerprint density at radius 1 is 0.492 bits per heavy atom. The Kier molecular flexibility index (Phi) is 38.3. The van der Waals surface area contributed by atoms with Crippen molar-refractivity contribution in [2.24, 2.45) is 11.8 Å². The highest BCUT2D eigenvalue weighted by atomic mass is 16.5. The lowest BCUT2D eigenvalue weighted by Crippen LogP contribution is -2.37. The van der Waals surface area contributed by atoms with Gasteiger partial charge in [-0.3, -0.25) is 19.3 Å². The number of hydrogen-bond donors (Lipinski definition) is 0. The smallest absolute Gasteiger partial charge is 0.306 e. The minimum atomic E-state index is -0.0429. The third kappa shape index (κ3) is 35.1. The number of hydrogen-bond acceptors (Lipinski definition) is 8. The molecule has 0 N–H and O–H groups in total. The monoisotopic (exact) mass is 832 g/mol. The number of unbranched alkanes of at least 4 members (excludes halogenated alkanes) is 16. The number of esters is 3. The fraction of sp³-hybridized carbons (Fsp3) is 0.863. The summed E-state index contributed by atoms with van der Waals surface area (Å²) in [6.07, 6.45) is 40.9. The van der Waals surface area contributed by atoms with Crippen molar-refractivity contribution < 1.29 is 33.3 Å². The summed E-state index contributed by atoms with van der Waals surface area (Å²) in [5.41, 5.74) is 0. The van der Waals surface area contributed by atoms with Crippen molar-refractivity contribution in [1.82, 2.24) is 4.90 Å². The highest BCUT2D eigenvalue weighted by Gasteiger charge is 2.16. The van der Waals surface area contributed by atoms with E-state index in [1.807, 2.05) is 0 Å². The lowest BCUT2D eigenvalue weighted by atomic mass is 10.0. The van der Waals surface area contributed by atoms with Crippen LogP contribution < -0.4 is 0 Å². The molecule has 8 heteroatoms. The van der Waals surface area contributed by atoms with Gasteiger partial charge in [0.15, 0.2) is 0 Å². The number of allylic oxidation sites excluding steroid dienone is 4. The first-order chi connectivity index (χ1) is 28.9. The van der Waals surface area contributed by atoms with Gasteiger partial charge in [-0.2, -0.15) is 0 Å². The summed E-state index contributed by atoms with van der Waals surface area (Å²) >= 11 is 0. The summed E-state index contributed by atoms with van der Waals surface area (Å²) in [6, 6.07) is 0. The molecule has 1 saturated heterocycles. The Hall–Kier alpha value is -2.19. The molecule has 0 radical (unpaired) electrons. The molecule has 0 saturated carbocycles. The Bertz CT molecular complexity index is 969. The molecule has 0 bridgehead atoms. The highest BCUT2D eigenvalue weighted by molar-refractivity contribution is 5.70. The normalized spacial score (nSPS) is 13.7. The molecule has 0 aliphatic carbocycles. The van der Waals surface area contributed by atoms with Crippen molar-refractivity contribution in [2.45, 2.75) is 226 Å². The zero-order valence-electron chi connectivity index (χ0n) is 39.0. The fourth-order valence-electron chi connectivity index (χ4n) is 7.61. The third-order valence-electron chi connectivity index (χ3n) is 12.2. The first-order valence-electron chi connectivity index (χ1n) is 25.0. The number of carbonyl (C=O) groups is 3. The Morgan fingerprint density at radius 3 is 1.29 bits per heavy atom. The minimum absolute atomic E-state index is 0.0191. The molecule has 0 amide bonds. The van der Waals surface area contributed by atoms with E-state index in [0.29, 0.717) is 44.3 Å². The largest absolute Gasteiger partial charge is 0.465 e. The zero-order chi connectivity index (χ0) is 42.9. The summed E-state index contributed by atoms with van der Waals surface area (Å²) in [6.45, 7) is 14.2. The quantitative estimate of drug-likeness (QED) is 0.0260. The molecule has 1 aliphatic heterocycles. The maximum atomic E-state index is 12.8. The van der Waals surface area contributed by atoms with E-state index in [1.54, 1.807) is 0 Å². The maximum Gasteiger partial charge on any atom is 0.306 e. The van der Waals surface area contributed by atoms with Crippen molar-refractivity contribution in [3.8, 4) is 0 Å². The molecule has 1 fully saturated rings. The van der Waals surface area contributed by atoms with Crippen molar-refractivity contribution >= 4 is 17.9 Å². The van der Waals surface area contributed by atoms with Crippen molar-refractivity contribution in [3.63, 3.8) is 0 Å². The molecular weight excluding hydrogens is 739 g/mol. The van der Waals surface area contributed by atoms with Crippen LogP contribution in [0.2, 0.25) is 0 Å². The van der Waals surface area contributed by atoms with Gasteiger partial charge in [0.25, 0.3) is 0 Å². The van der Waals surface area contributed by atoms with Gasteiger partial charge in [0.05, 0.1) is 26.4 Å². The van der Waals surface area contributed by atoms with Gasteiger partial charge in [-0.25, -0.2) is 0 Å². The van der Waals surface area contributed by atoms with E-state index in [4.69, 9.17) is 18.9 Å². The lowest BCUT2D eigenvalue weighted by molar-refractivity contribution is -0.150. The molecule has 0 aromatic heterocycles. The zero-order valence-corrected chi connectivity index (χ0v) is 39.0. The van der Waals surface area contributed by atoms with Gasteiger partial charge in [0.1, 0.15) is 6.10 Å². The van der Waals surface area contributed by atoms with Crippen molar-refractivity contribution in [2.75, 3.05) is 46.1 Å². The van der Waals surface area contributed by atoms with E-state index >= 15 is 0 Å². The van der Waals surface area contributed by atoms with Gasteiger partial charge >= 0.3 is 17.9 Å². The second-order valence-electron chi connectivity index (χ2n) is 17.2. The van der Waals surface area contributed by atoms with Gasteiger partial charge in [0, 0.05) is 32.4 Å². The summed E-state index contributed by atoms with van der Waals surface area (Å²) in [4.78, 5) is 39.1. The molecular formula is C51H93NO7. The predicted octanol–water partition coefficient (Wildman–Crippen LogP) is 13.4. The molecule has 0 aromatic rings. The van der Waals surface area contributed by atoms with Crippen LogP contribution in [0.15, 0.2) is 24.3 Å². The van der Waals surface area contributed by atoms with E-state index in [0.717, 1.165) is 142 Å². The maximum absolute atomic E-state index is 12.8. The van der Waals surface area contributed by atoms with Gasteiger partial charge in [0.2, 0.25) is 0 Å². The van der Waals surface area contributed by atoms with Crippen LogP contribution >= 0.6 is 0 Å². The van der Waals surface area contributed by atoms with Gasteiger partial charge < -0.3 is 18.9 Å². The van der Waals surface area contributed by atoms with E-state index in [-0.39, 0.29) is 24.0 Å². The van der Waals surface area contributed by atoms with Crippen LogP contribution in [0.5, 0.6) is 0 Å². The van der Waals surface area contributed by atoms with Crippen molar-refractivity contribution in [3.05, 3.63) is 24.3 Å². The molecule has 0 unspecified atom stereocenters. The number of rotatable bonds is 41. The van der Waals surface area contributed by atoms with Gasteiger partial charge in [-0.15, -0.1) is 0 Å². The average Bonchev–Trinajstić information content (AvgIpc) is 3.24. The minimum Gasteiger partial charge on any atom is -0.465 e. The third-order valence-corrected chi connectivity index (χ3v) is 12.2. The molecule has 1 aliphatic rings. The second-order valence-corrected chi connectivity index (χ2v) is 17.2. The van der Waals surface area contributed by atoms with E-state index < -0.39 is 0 Å². The topological polar surface area (TPSA) is 91.4 Å². The molecule has 0 aromatic carbocycles. The van der Waals surface area contributed by atoms with Crippen LogP contribution in [0.25, 0.3) is 0 Å². The van der Waals surface area contributed by atoms with E-state index in [1.165, 1.54) is 64.2 Å². The van der Waals surface area contributed by atoms with Crippen LogP contribution in [-0.2, 0) is 33.3 Å². The Labute approximate surface area is 363 Å². The standard InChI is InChI=1S/C51H93NO7/c1-5-46(6-2)44-57-49(53)36-31-27-23-19-15-11-9-13-17-21-25-29-34-48(59-51(55)38-33-39-52-40-42-56-43-41-52)35-30-26-22-18-14-10-12-16-20-24-28-32-37-50(54)58-45-47(7-3)8-4/h15-16,19-20,46-48H,5-14,17-18,21-45H2,1-4H3/b19-15-,20-16-. The van der Waals surface area contributed by atoms with Crippen molar-refractivity contribution in [1.29, 1.82) is 0 Å². The Morgan fingerprint density at radius 2 is 0.864 bits per heavy atom. The predicted molar refractivity (Wildman–Crippen MR) is 246 cm³/mol. The Balaban J connectivity index is 2.16. The van der Waals surface area contributed by atoms with Crippen LogP contribution in [0.4, 0.5) is 0 Å². The van der Waals surface area contributed by atoms with Crippen LogP contribution in [0.1, 0.15) is 220 Å². The number of nitrogens with zero attached hydrogens (tertiary/aromatic N) is 1. The average molecular weight is 832 g/mol. The first-order valence-corrected chi connectivity index (χ1v) is 25.0. The number of carbonyl (C=O) groups excluding carboxylic acids is 3. The molecule has 344 valence electrons. The fourth-order valence-corrected chi connectivity index (χ4v) is 7.61. The summed E-state index contributed by atoms with van der Waals surface area (Å²) in [5.74, 6) is 0.888. The molecule has 59 heavy (non-hydrogen) atoms. The second kappa shape index (κ2) is 41.2. The summed E-state index contributed by atoms with van der Waals surface area (Å²) < 4.78 is 22.4. The SMILES string of the molecule is CCC(CC)COC(=O)CCCC/C=C\CCCCCCCCC(CCCCCCCC/C=C\CCCCC(=O)OCC(CC)CC)OC(=O)CCCN1CCOCC1. The molecule has 8 nitrogen and oxygen atoms in total. The van der Waals surface area contributed by atoms with Gasteiger partial charge in [-0.05, 0) is 115 Å². The molecule has 1 heterocycles. The number of ether oxygens (including phenoxy) is 4. The highest BCUT2D eigenvalue weighted by Crippen LogP contribution is 2.19. The summed E-state index contributed by atoms with van der Waals surface area (Å²) in [5, 5.41) is 0.